The molecule has 3 aliphatic rings. The summed E-state index contributed by atoms with van der Waals surface area (Å²) in [6.45, 7) is 0.378. The predicted molar refractivity (Wildman–Crippen MR) is 121 cm³/mol. The molecule has 0 amide bonds. The molecular weight excluding hydrogens is 487 g/mol. The number of aromatic nitrogens is 2. The second-order valence-corrected chi connectivity index (χ2v) is 10.1. The van der Waals surface area contributed by atoms with Gasteiger partial charge in [-0.1, -0.05) is 23.7 Å². The van der Waals surface area contributed by atoms with Crippen molar-refractivity contribution in [2.45, 2.75) is 62.6 Å². The van der Waals surface area contributed by atoms with E-state index in [1.54, 1.807) is 4.90 Å². The van der Waals surface area contributed by atoms with Crippen LogP contribution in [-0.2, 0) is 23.1 Å². The first kappa shape index (κ1) is 24.1. The molecule has 2 fully saturated rings. The number of nitrogens with zero attached hydrogens (tertiary/aromatic N) is 3. The van der Waals surface area contributed by atoms with E-state index in [0.29, 0.717) is 30.9 Å². The smallest absolute Gasteiger partial charge is 0.398 e. The number of carboxylic acids is 1. The van der Waals surface area contributed by atoms with E-state index in [1.165, 1.54) is 22.9 Å². The number of fused-ring (bicyclic) bond motifs is 1. The lowest BCUT2D eigenvalue weighted by atomic mass is 9.90. The number of hydrogen-bond acceptors (Lipinski definition) is 5. The molecule has 2 N–H and O–H groups in total. The average molecular weight is 512 g/mol. The van der Waals surface area contributed by atoms with Gasteiger partial charge >= 0.3 is 12.1 Å². The fraction of sp³-hybridized carbons (Fsp3) is 0.542. The number of benzene rings is 1. The van der Waals surface area contributed by atoms with Crippen LogP contribution < -0.4 is 4.90 Å². The molecule has 35 heavy (non-hydrogen) atoms. The van der Waals surface area contributed by atoms with Crippen LogP contribution in [0.4, 0.5) is 19.0 Å². The zero-order chi connectivity index (χ0) is 25.1. The Morgan fingerprint density at radius 2 is 1.89 bits per heavy atom. The van der Waals surface area contributed by atoms with E-state index in [0.717, 1.165) is 18.4 Å². The van der Waals surface area contributed by atoms with Crippen LogP contribution in [0.5, 0.6) is 0 Å². The first-order valence-electron chi connectivity index (χ1n) is 11.7. The minimum Gasteiger partial charge on any atom is -0.481 e. The number of halogens is 4. The van der Waals surface area contributed by atoms with Gasteiger partial charge in [-0.15, -0.1) is 5.10 Å². The van der Waals surface area contributed by atoms with Gasteiger partial charge in [0, 0.05) is 18.7 Å². The van der Waals surface area contributed by atoms with Crippen LogP contribution in [-0.4, -0.2) is 57.2 Å². The number of carbonyl (C=O) groups excluding carboxylic acids is 1. The summed E-state index contributed by atoms with van der Waals surface area (Å²) in [5, 5.41) is 24.2. The van der Waals surface area contributed by atoms with Crippen molar-refractivity contribution in [3.8, 4) is 0 Å². The summed E-state index contributed by atoms with van der Waals surface area (Å²) in [5.74, 6) is -2.17. The van der Waals surface area contributed by atoms with Crippen LogP contribution in [0, 0.1) is 5.92 Å². The number of carboxylic acid groups (broad SMARTS) is 1. The predicted octanol–water partition coefficient (Wildman–Crippen LogP) is 3.97. The lowest BCUT2D eigenvalue weighted by molar-refractivity contribution is -0.160. The fourth-order valence-electron chi connectivity index (χ4n) is 5.49. The number of aliphatic hydroxyl groups excluding tert-OH is 1. The van der Waals surface area contributed by atoms with Gasteiger partial charge < -0.3 is 15.1 Å². The number of hydrogen-bond donors (Lipinski definition) is 2. The first-order chi connectivity index (χ1) is 16.5. The van der Waals surface area contributed by atoms with Gasteiger partial charge in [0.25, 0.3) is 5.91 Å². The summed E-state index contributed by atoms with van der Waals surface area (Å²) >= 11 is 6.33. The molecule has 1 saturated heterocycles. The minimum absolute atomic E-state index is 0.0448. The van der Waals surface area contributed by atoms with E-state index in [1.807, 2.05) is 0 Å². The molecule has 0 bridgehead atoms. The molecule has 188 valence electrons. The molecule has 1 aromatic carbocycles. The van der Waals surface area contributed by atoms with Gasteiger partial charge in [0.15, 0.2) is 5.82 Å². The summed E-state index contributed by atoms with van der Waals surface area (Å²) < 4.78 is 43.0. The standard InChI is InChI=1S/C24H25ClF3N3O4/c25-16-6-3-5-15(23(9-10-23)24(26,27)28)19(16)21(33)31-17-7-2-1-4-13(17)20(29-31)30-11-8-14(22(34)35)18(32)12-30/h3,5-6,14,18,32H,1-2,4,7-12H2,(H,34,35). The first-order valence-corrected chi connectivity index (χ1v) is 12.1. The van der Waals surface area contributed by atoms with Crippen LogP contribution in [0.2, 0.25) is 5.02 Å². The summed E-state index contributed by atoms with van der Waals surface area (Å²) in [7, 11) is 0. The zero-order valence-electron chi connectivity index (χ0n) is 18.8. The molecule has 1 saturated carbocycles. The van der Waals surface area contributed by atoms with Crippen molar-refractivity contribution in [1.82, 2.24) is 9.78 Å². The van der Waals surface area contributed by atoms with Crippen molar-refractivity contribution in [2.24, 2.45) is 5.92 Å². The number of β-amino-alcohol motifs (C(OH)–C–C–N with tert-alkyl or cyclic N) is 1. The summed E-state index contributed by atoms with van der Waals surface area (Å²) in [5.41, 5.74) is -0.940. The van der Waals surface area contributed by atoms with Crippen molar-refractivity contribution in [3.05, 3.63) is 45.6 Å². The molecule has 0 spiro atoms. The van der Waals surface area contributed by atoms with E-state index < -0.39 is 35.5 Å². The van der Waals surface area contributed by atoms with E-state index in [9.17, 15) is 33.0 Å². The number of aliphatic hydroxyl groups is 1. The molecule has 5 rings (SSSR count). The third kappa shape index (κ3) is 3.91. The number of piperidine rings is 1. The second kappa shape index (κ2) is 8.51. The molecule has 7 nitrogen and oxygen atoms in total. The summed E-state index contributed by atoms with van der Waals surface area (Å²) in [6.07, 6.45) is -2.76. The van der Waals surface area contributed by atoms with Crippen LogP contribution in [0.15, 0.2) is 18.2 Å². The molecule has 11 heteroatoms. The summed E-state index contributed by atoms with van der Waals surface area (Å²) in [6, 6.07) is 4.16. The van der Waals surface area contributed by atoms with Gasteiger partial charge in [0.05, 0.1) is 33.7 Å². The van der Waals surface area contributed by atoms with E-state index >= 15 is 0 Å². The molecule has 2 atom stereocenters. The molecule has 1 aromatic heterocycles. The topological polar surface area (TPSA) is 95.7 Å². The van der Waals surface area contributed by atoms with Crippen LogP contribution in [0.25, 0.3) is 0 Å². The molecule has 2 unspecified atom stereocenters. The Morgan fingerprint density at radius 1 is 1.17 bits per heavy atom. The monoisotopic (exact) mass is 511 g/mol. The zero-order valence-corrected chi connectivity index (χ0v) is 19.6. The van der Waals surface area contributed by atoms with Crippen LogP contribution in [0.1, 0.15) is 59.3 Å². The number of aliphatic carboxylic acids is 1. The Morgan fingerprint density at radius 3 is 2.51 bits per heavy atom. The van der Waals surface area contributed by atoms with E-state index in [4.69, 9.17) is 11.6 Å². The molecule has 1 aliphatic heterocycles. The maximum atomic E-state index is 14.0. The van der Waals surface area contributed by atoms with Gasteiger partial charge in [-0.2, -0.15) is 17.9 Å². The molecular formula is C24H25ClF3N3O4. The van der Waals surface area contributed by atoms with Gasteiger partial charge in [0.1, 0.15) is 0 Å². The number of alkyl halides is 3. The quantitative estimate of drug-likeness (QED) is 0.645. The minimum atomic E-state index is -4.51. The lowest BCUT2D eigenvalue weighted by Gasteiger charge is -2.34. The molecule has 0 radical (unpaired) electrons. The highest BCUT2D eigenvalue weighted by Crippen LogP contribution is 2.60. The van der Waals surface area contributed by atoms with Crippen molar-refractivity contribution < 1.29 is 33.0 Å². The lowest BCUT2D eigenvalue weighted by Crippen LogP contribution is -2.47. The average Bonchev–Trinajstić information content (AvgIpc) is 3.54. The second-order valence-electron chi connectivity index (χ2n) is 9.66. The number of carbonyl (C=O) groups is 2. The highest BCUT2D eigenvalue weighted by molar-refractivity contribution is 6.34. The Labute approximate surface area is 204 Å². The van der Waals surface area contributed by atoms with E-state index in [-0.39, 0.29) is 42.0 Å². The van der Waals surface area contributed by atoms with Crippen molar-refractivity contribution in [2.75, 3.05) is 18.0 Å². The van der Waals surface area contributed by atoms with Gasteiger partial charge in [0.2, 0.25) is 0 Å². The van der Waals surface area contributed by atoms with Crippen molar-refractivity contribution in [1.29, 1.82) is 0 Å². The molecule has 2 heterocycles. The largest absolute Gasteiger partial charge is 0.481 e. The van der Waals surface area contributed by atoms with Gasteiger partial charge in [-0.25, -0.2) is 0 Å². The van der Waals surface area contributed by atoms with Crippen LogP contribution >= 0.6 is 11.6 Å². The number of anilines is 1. The van der Waals surface area contributed by atoms with Crippen molar-refractivity contribution >= 4 is 29.3 Å². The van der Waals surface area contributed by atoms with Gasteiger partial charge in [-0.05, 0) is 56.6 Å². The summed E-state index contributed by atoms with van der Waals surface area (Å²) in [4.78, 5) is 26.9. The third-order valence-corrected chi connectivity index (χ3v) is 7.90. The molecule has 2 aromatic rings. The Balaban J connectivity index is 1.56. The maximum Gasteiger partial charge on any atom is 0.398 e. The highest BCUT2D eigenvalue weighted by Gasteiger charge is 2.65. The van der Waals surface area contributed by atoms with E-state index in [2.05, 4.69) is 5.10 Å². The molecule has 2 aliphatic carbocycles. The number of rotatable bonds is 4. The SMILES string of the molecule is O=C(O)C1CCN(c2nn(C(=O)c3c(Cl)cccc3C3(C(F)(F)F)CC3)c3c2CCCC3)CC1O. The Bertz CT molecular complexity index is 1190. The highest BCUT2D eigenvalue weighted by atomic mass is 35.5. The third-order valence-electron chi connectivity index (χ3n) is 7.59. The fourth-order valence-corrected chi connectivity index (χ4v) is 5.75. The maximum absolute atomic E-state index is 14.0. The van der Waals surface area contributed by atoms with Gasteiger partial charge in [-0.3, -0.25) is 9.59 Å². The Hall–Kier alpha value is -2.59. The van der Waals surface area contributed by atoms with Crippen molar-refractivity contribution in [3.63, 3.8) is 0 Å². The Kier molecular flexibility index (Phi) is 5.87. The normalized spacial score (nSPS) is 23.6. The van der Waals surface area contributed by atoms with Crippen LogP contribution in [0.3, 0.4) is 0 Å².